The van der Waals surface area contributed by atoms with E-state index in [0.717, 1.165) is 19.4 Å². The third-order valence-electron chi connectivity index (χ3n) is 3.04. The van der Waals surface area contributed by atoms with Crippen LogP contribution in [0.1, 0.15) is 33.6 Å². The Balaban J connectivity index is 3.96. The van der Waals surface area contributed by atoms with Crippen molar-refractivity contribution in [3.05, 3.63) is 0 Å². The first-order valence-corrected chi connectivity index (χ1v) is 6.72. The van der Waals surface area contributed by atoms with Crippen molar-refractivity contribution in [2.75, 3.05) is 19.3 Å². The molecule has 0 fully saturated rings. The molecule has 0 aliphatic carbocycles. The van der Waals surface area contributed by atoms with Crippen LogP contribution in [0.3, 0.4) is 0 Å². The highest BCUT2D eigenvalue weighted by molar-refractivity contribution is 8.00. The third kappa shape index (κ3) is 4.89. The Hall–Kier alpha value is -0.220. The average Bonchev–Trinajstić information content (AvgIpc) is 2.24. The van der Waals surface area contributed by atoms with Crippen LogP contribution >= 0.6 is 11.8 Å². The second-order valence-corrected chi connectivity index (χ2v) is 5.24. The van der Waals surface area contributed by atoms with Gasteiger partial charge in [-0.1, -0.05) is 20.8 Å². The molecule has 0 saturated heterocycles. The van der Waals surface area contributed by atoms with E-state index in [-0.39, 0.29) is 10.7 Å². The zero-order valence-corrected chi connectivity index (χ0v) is 11.0. The predicted octanol–water partition coefficient (Wildman–Crippen LogP) is 2.22. The second kappa shape index (κ2) is 7.12. The van der Waals surface area contributed by atoms with Crippen LogP contribution < -0.4 is 5.32 Å². The molecule has 0 saturated carbocycles. The molecule has 0 rings (SSSR count). The van der Waals surface area contributed by atoms with Gasteiger partial charge in [-0.15, -0.1) is 0 Å². The van der Waals surface area contributed by atoms with Gasteiger partial charge in [0.15, 0.2) is 0 Å². The van der Waals surface area contributed by atoms with Gasteiger partial charge in [0.05, 0.1) is 5.92 Å². The molecule has 90 valence electrons. The van der Waals surface area contributed by atoms with Gasteiger partial charge >= 0.3 is 5.97 Å². The van der Waals surface area contributed by atoms with Gasteiger partial charge in [-0.2, -0.15) is 11.8 Å². The fraction of sp³-hybridized carbons (Fsp3) is 0.909. The summed E-state index contributed by atoms with van der Waals surface area (Å²) >= 11 is 1.87. The average molecular weight is 233 g/mol. The fourth-order valence-corrected chi connectivity index (χ4v) is 2.29. The van der Waals surface area contributed by atoms with Crippen molar-refractivity contribution >= 4 is 17.7 Å². The lowest BCUT2D eigenvalue weighted by Crippen LogP contribution is -2.39. The summed E-state index contributed by atoms with van der Waals surface area (Å²) in [4.78, 5) is 10.6. The lowest BCUT2D eigenvalue weighted by molar-refractivity contribution is -0.140. The quantitative estimate of drug-likeness (QED) is 0.675. The Morgan fingerprint density at radius 2 is 2.00 bits per heavy atom. The summed E-state index contributed by atoms with van der Waals surface area (Å²) in [6.45, 7) is 7.54. The number of hydrogen-bond acceptors (Lipinski definition) is 3. The summed E-state index contributed by atoms with van der Waals surface area (Å²) in [7, 11) is 0. The lowest BCUT2D eigenvalue weighted by atomic mass is 10.0. The molecule has 15 heavy (non-hydrogen) atoms. The van der Waals surface area contributed by atoms with Gasteiger partial charge in [-0.3, -0.25) is 4.79 Å². The van der Waals surface area contributed by atoms with E-state index in [0.29, 0.717) is 6.54 Å². The minimum atomic E-state index is -0.731. The molecule has 0 radical (unpaired) electrons. The molecule has 4 heteroatoms. The molecule has 0 aliphatic rings. The highest BCUT2D eigenvalue weighted by atomic mass is 32.2. The molecule has 0 amide bonds. The first kappa shape index (κ1) is 14.8. The molecule has 3 nitrogen and oxygen atoms in total. The molecule has 0 heterocycles. The number of carbonyl (C=O) groups is 1. The van der Waals surface area contributed by atoms with Crippen molar-refractivity contribution in [2.45, 2.75) is 38.4 Å². The Morgan fingerprint density at radius 3 is 2.33 bits per heavy atom. The van der Waals surface area contributed by atoms with E-state index in [4.69, 9.17) is 5.11 Å². The standard InChI is InChI=1S/C11H23NO2S/c1-5-11(6-2,15-4)8-12-7-9(3)10(13)14/h9,12H,5-8H2,1-4H3,(H,13,14). The van der Waals surface area contributed by atoms with Gasteiger partial charge in [-0.25, -0.2) is 0 Å². The number of rotatable bonds is 8. The maximum Gasteiger partial charge on any atom is 0.307 e. The third-order valence-corrected chi connectivity index (χ3v) is 4.63. The summed E-state index contributed by atoms with van der Waals surface area (Å²) in [5.41, 5.74) is 0. The Kier molecular flexibility index (Phi) is 7.02. The summed E-state index contributed by atoms with van der Waals surface area (Å²) in [6, 6.07) is 0. The number of thioether (sulfide) groups is 1. The summed E-state index contributed by atoms with van der Waals surface area (Å²) < 4.78 is 0.262. The summed E-state index contributed by atoms with van der Waals surface area (Å²) in [5.74, 6) is -1.04. The van der Waals surface area contributed by atoms with Crippen molar-refractivity contribution in [3.8, 4) is 0 Å². The molecule has 1 unspecified atom stereocenters. The molecular formula is C11H23NO2S. The smallest absolute Gasteiger partial charge is 0.307 e. The number of aliphatic carboxylic acids is 1. The van der Waals surface area contributed by atoms with Crippen molar-refractivity contribution in [3.63, 3.8) is 0 Å². The molecule has 0 spiro atoms. The fourth-order valence-electron chi connectivity index (χ4n) is 1.46. The number of nitrogens with one attached hydrogen (secondary N) is 1. The SMILES string of the molecule is CCC(CC)(CNCC(C)C(=O)O)SC. The van der Waals surface area contributed by atoms with E-state index in [1.54, 1.807) is 6.92 Å². The van der Waals surface area contributed by atoms with Crippen LogP contribution in [0.5, 0.6) is 0 Å². The largest absolute Gasteiger partial charge is 0.481 e. The first-order chi connectivity index (χ1) is 7.01. The van der Waals surface area contributed by atoms with Crippen molar-refractivity contribution in [1.82, 2.24) is 5.32 Å². The molecule has 2 N–H and O–H groups in total. The molecule has 0 aromatic heterocycles. The van der Waals surface area contributed by atoms with Gasteiger partial charge in [-0.05, 0) is 19.1 Å². The van der Waals surface area contributed by atoms with E-state index >= 15 is 0 Å². The minimum Gasteiger partial charge on any atom is -0.481 e. The number of hydrogen-bond donors (Lipinski definition) is 2. The molecule has 0 aromatic rings. The molecule has 0 bridgehead atoms. The Bertz CT molecular complexity index is 185. The lowest BCUT2D eigenvalue weighted by Gasteiger charge is -2.30. The summed E-state index contributed by atoms with van der Waals surface area (Å²) in [6.07, 6.45) is 4.34. The van der Waals surface area contributed by atoms with E-state index in [9.17, 15) is 4.79 Å². The Morgan fingerprint density at radius 1 is 1.47 bits per heavy atom. The monoisotopic (exact) mass is 233 g/mol. The zero-order valence-electron chi connectivity index (χ0n) is 10.2. The molecular weight excluding hydrogens is 210 g/mol. The van der Waals surface area contributed by atoms with Gasteiger partial charge in [0, 0.05) is 17.8 Å². The molecule has 0 aromatic carbocycles. The van der Waals surface area contributed by atoms with Crippen LogP contribution in [0.4, 0.5) is 0 Å². The van der Waals surface area contributed by atoms with Gasteiger partial charge < -0.3 is 10.4 Å². The zero-order chi connectivity index (χ0) is 11.9. The van der Waals surface area contributed by atoms with Crippen LogP contribution in [-0.4, -0.2) is 35.2 Å². The highest BCUT2D eigenvalue weighted by Gasteiger charge is 2.24. The van der Waals surface area contributed by atoms with Crippen LogP contribution in [0.2, 0.25) is 0 Å². The second-order valence-electron chi connectivity index (χ2n) is 3.96. The van der Waals surface area contributed by atoms with Crippen molar-refractivity contribution in [2.24, 2.45) is 5.92 Å². The highest BCUT2D eigenvalue weighted by Crippen LogP contribution is 2.29. The maximum atomic E-state index is 10.6. The molecule has 1 atom stereocenters. The van der Waals surface area contributed by atoms with Gasteiger partial charge in [0.25, 0.3) is 0 Å². The van der Waals surface area contributed by atoms with Gasteiger partial charge in [0.1, 0.15) is 0 Å². The number of carboxylic acid groups (broad SMARTS) is 1. The van der Waals surface area contributed by atoms with Crippen LogP contribution in [0, 0.1) is 5.92 Å². The van der Waals surface area contributed by atoms with E-state index in [1.807, 2.05) is 11.8 Å². The first-order valence-electron chi connectivity index (χ1n) is 5.50. The minimum absolute atomic E-state index is 0.262. The number of carboxylic acids is 1. The maximum absolute atomic E-state index is 10.6. The van der Waals surface area contributed by atoms with Crippen molar-refractivity contribution in [1.29, 1.82) is 0 Å². The van der Waals surface area contributed by atoms with E-state index in [2.05, 4.69) is 25.4 Å². The summed E-state index contributed by atoms with van der Waals surface area (Å²) in [5, 5.41) is 12.0. The molecule has 0 aliphatic heterocycles. The van der Waals surface area contributed by atoms with Crippen LogP contribution in [0.15, 0.2) is 0 Å². The van der Waals surface area contributed by atoms with E-state index in [1.165, 1.54) is 0 Å². The normalized spacial score (nSPS) is 13.9. The van der Waals surface area contributed by atoms with E-state index < -0.39 is 5.97 Å². The topological polar surface area (TPSA) is 49.3 Å². The van der Waals surface area contributed by atoms with Crippen LogP contribution in [-0.2, 0) is 4.79 Å². The predicted molar refractivity (Wildman–Crippen MR) is 66.5 cm³/mol. The van der Waals surface area contributed by atoms with Crippen LogP contribution in [0.25, 0.3) is 0 Å². The van der Waals surface area contributed by atoms with Crippen molar-refractivity contribution < 1.29 is 9.90 Å². The van der Waals surface area contributed by atoms with Gasteiger partial charge in [0.2, 0.25) is 0 Å². The Labute approximate surface area is 97.0 Å².